The second-order valence-corrected chi connectivity index (χ2v) is 7.10. The lowest BCUT2D eigenvalue weighted by atomic mass is 10.0. The SMILES string of the molecule is COc1cc(C)cc(C)c1CC(=O)N1CCN(C(=O)Cc2cc[nH]c2)CC1. The molecular weight excluding hydrogens is 342 g/mol. The van der Waals surface area contributed by atoms with Crippen LogP contribution in [0.2, 0.25) is 0 Å². The van der Waals surface area contributed by atoms with Crippen molar-refractivity contribution in [2.45, 2.75) is 26.7 Å². The number of hydrogen-bond acceptors (Lipinski definition) is 3. The topological polar surface area (TPSA) is 65.6 Å². The molecule has 3 rings (SSSR count). The third-order valence-electron chi connectivity index (χ3n) is 5.13. The van der Waals surface area contributed by atoms with Crippen molar-refractivity contribution >= 4 is 11.8 Å². The number of carbonyl (C=O) groups excluding carboxylic acids is 2. The summed E-state index contributed by atoms with van der Waals surface area (Å²) in [6.45, 7) is 6.34. The Hall–Kier alpha value is -2.76. The fraction of sp³-hybridized carbons (Fsp3) is 0.429. The van der Waals surface area contributed by atoms with E-state index in [9.17, 15) is 9.59 Å². The number of H-pyrrole nitrogens is 1. The number of methoxy groups -OCH3 is 1. The number of nitrogens with zero attached hydrogens (tertiary/aromatic N) is 2. The maximum atomic E-state index is 12.8. The van der Waals surface area contributed by atoms with E-state index in [1.807, 2.05) is 48.2 Å². The number of piperazine rings is 1. The average Bonchev–Trinajstić information content (AvgIpc) is 3.16. The second-order valence-electron chi connectivity index (χ2n) is 7.10. The lowest BCUT2D eigenvalue weighted by Gasteiger charge is -2.35. The Morgan fingerprint density at radius 2 is 1.67 bits per heavy atom. The summed E-state index contributed by atoms with van der Waals surface area (Å²) in [7, 11) is 1.64. The lowest BCUT2D eigenvalue weighted by Crippen LogP contribution is -2.51. The highest BCUT2D eigenvalue weighted by atomic mass is 16.5. The van der Waals surface area contributed by atoms with Gasteiger partial charge in [-0.25, -0.2) is 0 Å². The van der Waals surface area contributed by atoms with Crippen LogP contribution in [0.4, 0.5) is 0 Å². The quantitative estimate of drug-likeness (QED) is 0.878. The predicted molar refractivity (Wildman–Crippen MR) is 104 cm³/mol. The highest BCUT2D eigenvalue weighted by molar-refractivity contribution is 5.81. The molecule has 0 radical (unpaired) electrons. The van der Waals surface area contributed by atoms with Crippen LogP contribution in [-0.2, 0) is 22.4 Å². The minimum atomic E-state index is 0.0815. The van der Waals surface area contributed by atoms with Gasteiger partial charge in [0.1, 0.15) is 5.75 Å². The molecule has 1 aromatic carbocycles. The van der Waals surface area contributed by atoms with Gasteiger partial charge in [-0.15, -0.1) is 0 Å². The van der Waals surface area contributed by atoms with E-state index in [0.717, 1.165) is 28.0 Å². The van der Waals surface area contributed by atoms with Crippen molar-refractivity contribution < 1.29 is 14.3 Å². The van der Waals surface area contributed by atoms with Crippen LogP contribution < -0.4 is 4.74 Å². The molecule has 2 aromatic rings. The maximum absolute atomic E-state index is 12.8. The molecule has 6 heteroatoms. The molecule has 6 nitrogen and oxygen atoms in total. The molecule has 0 unspecified atom stereocenters. The first kappa shape index (κ1) is 19.0. The first-order chi connectivity index (χ1) is 13.0. The Bertz CT molecular complexity index is 806. The van der Waals surface area contributed by atoms with Gasteiger partial charge < -0.3 is 19.5 Å². The zero-order valence-corrected chi connectivity index (χ0v) is 16.2. The summed E-state index contributed by atoms with van der Waals surface area (Å²) in [4.78, 5) is 31.8. The number of aryl methyl sites for hydroxylation is 2. The van der Waals surface area contributed by atoms with E-state index in [1.165, 1.54) is 0 Å². The molecule has 1 N–H and O–H groups in total. The number of hydrogen-bond donors (Lipinski definition) is 1. The number of rotatable bonds is 5. The molecule has 0 spiro atoms. The number of carbonyl (C=O) groups is 2. The van der Waals surface area contributed by atoms with Gasteiger partial charge in [-0.2, -0.15) is 0 Å². The first-order valence-electron chi connectivity index (χ1n) is 9.29. The molecule has 1 fully saturated rings. The summed E-state index contributed by atoms with van der Waals surface area (Å²) in [5.41, 5.74) is 4.12. The lowest BCUT2D eigenvalue weighted by molar-refractivity contribution is -0.138. The number of aromatic nitrogens is 1. The fourth-order valence-electron chi connectivity index (χ4n) is 3.59. The normalized spacial score (nSPS) is 14.3. The molecule has 0 atom stereocenters. The molecule has 1 saturated heterocycles. The van der Waals surface area contributed by atoms with E-state index < -0.39 is 0 Å². The molecule has 0 aliphatic carbocycles. The third kappa shape index (κ3) is 4.51. The summed E-state index contributed by atoms with van der Waals surface area (Å²) >= 11 is 0. The standard InChI is InChI=1S/C21H27N3O3/c1-15-10-16(2)18(19(11-15)27-3)13-21(26)24-8-6-23(7-9-24)20(25)12-17-4-5-22-14-17/h4-5,10-11,14,22H,6-9,12-13H2,1-3H3. The van der Waals surface area contributed by atoms with E-state index in [1.54, 1.807) is 7.11 Å². The highest BCUT2D eigenvalue weighted by Crippen LogP contribution is 2.25. The van der Waals surface area contributed by atoms with E-state index in [4.69, 9.17) is 4.74 Å². The Morgan fingerprint density at radius 3 is 2.22 bits per heavy atom. The number of ether oxygens (including phenoxy) is 1. The zero-order valence-electron chi connectivity index (χ0n) is 16.2. The van der Waals surface area contributed by atoms with Crippen molar-refractivity contribution in [1.82, 2.24) is 14.8 Å². The second kappa shape index (κ2) is 8.29. The van der Waals surface area contributed by atoms with Crippen molar-refractivity contribution in [2.24, 2.45) is 0 Å². The molecule has 1 aromatic heterocycles. The number of amides is 2. The minimum absolute atomic E-state index is 0.0815. The van der Waals surface area contributed by atoms with Crippen molar-refractivity contribution in [3.8, 4) is 5.75 Å². The van der Waals surface area contributed by atoms with Crippen molar-refractivity contribution in [3.63, 3.8) is 0 Å². The van der Waals surface area contributed by atoms with Crippen molar-refractivity contribution in [3.05, 3.63) is 52.8 Å². The summed E-state index contributed by atoms with van der Waals surface area (Å²) in [6, 6.07) is 5.95. The van der Waals surface area contributed by atoms with Crippen molar-refractivity contribution in [2.75, 3.05) is 33.3 Å². The molecule has 0 bridgehead atoms. The monoisotopic (exact) mass is 369 g/mol. The van der Waals surface area contributed by atoms with Crippen LogP contribution in [0.1, 0.15) is 22.3 Å². The Balaban J connectivity index is 1.57. The van der Waals surface area contributed by atoms with Crippen LogP contribution in [0, 0.1) is 13.8 Å². The maximum Gasteiger partial charge on any atom is 0.227 e. The van der Waals surface area contributed by atoms with Gasteiger partial charge in [0.15, 0.2) is 0 Å². The molecule has 27 heavy (non-hydrogen) atoms. The largest absolute Gasteiger partial charge is 0.496 e. The third-order valence-corrected chi connectivity index (χ3v) is 5.13. The van der Waals surface area contributed by atoms with Gasteiger partial charge in [0.2, 0.25) is 11.8 Å². The number of nitrogens with one attached hydrogen (secondary N) is 1. The smallest absolute Gasteiger partial charge is 0.227 e. The summed E-state index contributed by atoms with van der Waals surface area (Å²) in [6.07, 6.45) is 4.39. The van der Waals surface area contributed by atoms with Crippen molar-refractivity contribution in [1.29, 1.82) is 0 Å². The first-order valence-corrected chi connectivity index (χ1v) is 9.29. The molecule has 144 valence electrons. The number of aromatic amines is 1. The fourth-order valence-corrected chi connectivity index (χ4v) is 3.59. The van der Waals surface area contributed by atoms with Crippen LogP contribution in [0.25, 0.3) is 0 Å². The Labute approximate surface area is 160 Å². The van der Waals surface area contributed by atoms with Crippen LogP contribution in [-0.4, -0.2) is 59.9 Å². The van der Waals surface area contributed by atoms with Gasteiger partial charge in [-0.3, -0.25) is 9.59 Å². The number of benzene rings is 1. The van der Waals surface area contributed by atoms with Gasteiger partial charge in [0.25, 0.3) is 0 Å². The van der Waals surface area contributed by atoms with Crippen LogP contribution in [0.15, 0.2) is 30.6 Å². The molecule has 1 aliphatic heterocycles. The van der Waals surface area contributed by atoms with E-state index >= 15 is 0 Å². The van der Waals surface area contributed by atoms with E-state index in [2.05, 4.69) is 11.1 Å². The van der Waals surface area contributed by atoms with Gasteiger partial charge in [0, 0.05) is 44.1 Å². The highest BCUT2D eigenvalue weighted by Gasteiger charge is 2.25. The summed E-state index contributed by atoms with van der Waals surface area (Å²) in [5, 5.41) is 0. The molecule has 1 aliphatic rings. The van der Waals surface area contributed by atoms with Gasteiger partial charge in [-0.1, -0.05) is 6.07 Å². The van der Waals surface area contributed by atoms with Gasteiger partial charge in [-0.05, 0) is 42.7 Å². The van der Waals surface area contributed by atoms with Crippen LogP contribution in [0.5, 0.6) is 5.75 Å². The van der Waals surface area contributed by atoms with E-state index in [-0.39, 0.29) is 11.8 Å². The van der Waals surface area contributed by atoms with Gasteiger partial charge >= 0.3 is 0 Å². The van der Waals surface area contributed by atoms with Crippen LogP contribution in [0.3, 0.4) is 0 Å². The Morgan fingerprint density at radius 1 is 1.04 bits per heavy atom. The summed E-state index contributed by atoms with van der Waals surface area (Å²) in [5.74, 6) is 0.955. The van der Waals surface area contributed by atoms with E-state index in [0.29, 0.717) is 39.0 Å². The molecule has 2 heterocycles. The molecule has 0 saturated carbocycles. The zero-order chi connectivity index (χ0) is 19.4. The van der Waals surface area contributed by atoms with Crippen LogP contribution >= 0.6 is 0 Å². The summed E-state index contributed by atoms with van der Waals surface area (Å²) < 4.78 is 5.47. The Kier molecular flexibility index (Phi) is 5.84. The molecular formula is C21H27N3O3. The average molecular weight is 369 g/mol. The molecule has 2 amide bonds. The van der Waals surface area contributed by atoms with Gasteiger partial charge in [0.05, 0.1) is 20.0 Å². The minimum Gasteiger partial charge on any atom is -0.496 e. The predicted octanol–water partition coefficient (Wildman–Crippen LogP) is 2.10.